The van der Waals surface area contributed by atoms with E-state index < -0.39 is 5.60 Å². The van der Waals surface area contributed by atoms with E-state index in [4.69, 9.17) is 0 Å². The quantitative estimate of drug-likeness (QED) is 0.836. The largest absolute Gasteiger partial charge is 0.508 e. The molecule has 1 aromatic rings. The number of aromatic hydroxyl groups is 1. The van der Waals surface area contributed by atoms with Crippen molar-refractivity contribution in [3.8, 4) is 5.75 Å². The minimum atomic E-state index is -0.750. The Morgan fingerprint density at radius 2 is 2.00 bits per heavy atom. The van der Waals surface area contributed by atoms with Crippen molar-refractivity contribution in [2.24, 2.45) is 5.92 Å². The number of aryl methyl sites for hydroxylation is 1. The Balaban J connectivity index is 2.11. The highest BCUT2D eigenvalue weighted by Crippen LogP contribution is 2.30. The van der Waals surface area contributed by atoms with Gasteiger partial charge in [0.25, 0.3) is 5.91 Å². The van der Waals surface area contributed by atoms with Crippen LogP contribution in [0.1, 0.15) is 29.8 Å². The number of benzene rings is 1. The topological polar surface area (TPSA) is 60.8 Å². The normalized spacial score (nSPS) is 17.7. The number of nitrogens with zero attached hydrogens (tertiary/aromatic N) is 1. The summed E-state index contributed by atoms with van der Waals surface area (Å²) in [6, 6.07) is 4.70. The van der Waals surface area contributed by atoms with Crippen LogP contribution in [0.4, 0.5) is 0 Å². The first-order chi connectivity index (χ1) is 8.33. The van der Waals surface area contributed by atoms with Gasteiger partial charge >= 0.3 is 0 Å². The fourth-order valence-electron chi connectivity index (χ4n) is 2.18. The molecule has 18 heavy (non-hydrogen) atoms. The third-order valence-corrected chi connectivity index (χ3v) is 3.73. The summed E-state index contributed by atoms with van der Waals surface area (Å²) in [5, 5.41) is 19.5. The van der Waals surface area contributed by atoms with Crippen LogP contribution in [0.15, 0.2) is 18.2 Å². The molecule has 0 unspecified atom stereocenters. The molecule has 0 aromatic heterocycles. The summed E-state index contributed by atoms with van der Waals surface area (Å²) in [6.45, 7) is 6.45. The Labute approximate surface area is 107 Å². The number of hydrogen-bond acceptors (Lipinski definition) is 3. The lowest BCUT2D eigenvalue weighted by Gasteiger charge is -2.49. The Morgan fingerprint density at radius 3 is 2.50 bits per heavy atom. The Morgan fingerprint density at radius 1 is 1.39 bits per heavy atom. The molecule has 4 nitrogen and oxygen atoms in total. The number of phenols is 1. The summed E-state index contributed by atoms with van der Waals surface area (Å²) < 4.78 is 0. The summed E-state index contributed by atoms with van der Waals surface area (Å²) >= 11 is 0. The third kappa shape index (κ3) is 2.08. The molecular weight excluding hydrogens is 230 g/mol. The van der Waals surface area contributed by atoms with Gasteiger partial charge in [-0.1, -0.05) is 13.8 Å². The van der Waals surface area contributed by atoms with Gasteiger partial charge in [0.15, 0.2) is 0 Å². The van der Waals surface area contributed by atoms with Crippen molar-refractivity contribution in [1.82, 2.24) is 4.90 Å². The SMILES string of the molecule is Cc1cc(O)ccc1C(=O)N1CC(O)(C(C)C)C1. The van der Waals surface area contributed by atoms with Gasteiger partial charge in [0.05, 0.1) is 13.1 Å². The van der Waals surface area contributed by atoms with Crippen LogP contribution in [-0.4, -0.2) is 39.7 Å². The number of aliphatic hydroxyl groups is 1. The molecule has 0 atom stereocenters. The first-order valence-corrected chi connectivity index (χ1v) is 6.15. The molecule has 0 radical (unpaired) electrons. The summed E-state index contributed by atoms with van der Waals surface area (Å²) in [5.74, 6) is 0.214. The average Bonchev–Trinajstić information content (AvgIpc) is 2.23. The van der Waals surface area contributed by atoms with Gasteiger partial charge in [0, 0.05) is 5.56 Å². The number of phenolic OH excluding ortho intramolecular Hbond substituents is 1. The number of amides is 1. The van der Waals surface area contributed by atoms with Gasteiger partial charge in [-0.25, -0.2) is 0 Å². The van der Waals surface area contributed by atoms with Crippen LogP contribution < -0.4 is 0 Å². The van der Waals surface area contributed by atoms with E-state index in [0.717, 1.165) is 5.56 Å². The minimum absolute atomic E-state index is 0.0853. The number of hydrogen-bond donors (Lipinski definition) is 2. The molecule has 2 rings (SSSR count). The summed E-state index contributed by atoms with van der Waals surface area (Å²) in [7, 11) is 0. The molecule has 2 N–H and O–H groups in total. The highest BCUT2D eigenvalue weighted by molar-refractivity contribution is 5.96. The van der Waals surface area contributed by atoms with Crippen molar-refractivity contribution in [2.75, 3.05) is 13.1 Å². The second-order valence-corrected chi connectivity index (χ2v) is 5.42. The molecule has 1 aromatic carbocycles. The van der Waals surface area contributed by atoms with Gasteiger partial charge in [-0.2, -0.15) is 0 Å². The molecule has 1 aliphatic rings. The molecule has 4 heteroatoms. The zero-order chi connectivity index (χ0) is 13.5. The molecule has 1 aliphatic heterocycles. The summed E-state index contributed by atoms with van der Waals surface area (Å²) in [5.41, 5.74) is 0.583. The molecule has 0 bridgehead atoms. The van der Waals surface area contributed by atoms with E-state index in [-0.39, 0.29) is 17.6 Å². The van der Waals surface area contributed by atoms with Gasteiger partial charge < -0.3 is 15.1 Å². The molecule has 1 saturated heterocycles. The second kappa shape index (κ2) is 4.28. The molecule has 0 saturated carbocycles. The third-order valence-electron chi connectivity index (χ3n) is 3.73. The maximum atomic E-state index is 12.2. The molecule has 1 heterocycles. The predicted molar refractivity (Wildman–Crippen MR) is 68.5 cm³/mol. The maximum Gasteiger partial charge on any atom is 0.254 e. The van der Waals surface area contributed by atoms with Crippen LogP contribution >= 0.6 is 0 Å². The van der Waals surface area contributed by atoms with E-state index in [1.54, 1.807) is 24.0 Å². The zero-order valence-corrected chi connectivity index (χ0v) is 11.0. The van der Waals surface area contributed by atoms with Crippen molar-refractivity contribution in [3.05, 3.63) is 29.3 Å². The van der Waals surface area contributed by atoms with Gasteiger partial charge in [-0.05, 0) is 36.6 Å². The number of β-amino-alcohol motifs (C(OH)–C–C–N with tert-alkyl or cyclic N) is 1. The van der Waals surface area contributed by atoms with Gasteiger partial charge in [0.1, 0.15) is 11.4 Å². The highest BCUT2D eigenvalue weighted by atomic mass is 16.3. The second-order valence-electron chi connectivity index (χ2n) is 5.42. The Kier molecular flexibility index (Phi) is 3.07. The monoisotopic (exact) mass is 249 g/mol. The van der Waals surface area contributed by atoms with Crippen molar-refractivity contribution in [3.63, 3.8) is 0 Å². The number of carbonyl (C=O) groups excluding carboxylic acids is 1. The van der Waals surface area contributed by atoms with Crippen LogP contribution in [0, 0.1) is 12.8 Å². The minimum Gasteiger partial charge on any atom is -0.508 e. The number of carbonyl (C=O) groups is 1. The van der Waals surface area contributed by atoms with E-state index in [2.05, 4.69) is 0 Å². The van der Waals surface area contributed by atoms with Crippen molar-refractivity contribution < 1.29 is 15.0 Å². The van der Waals surface area contributed by atoms with E-state index in [1.165, 1.54) is 6.07 Å². The Bertz CT molecular complexity index is 476. The highest BCUT2D eigenvalue weighted by Gasteiger charge is 2.46. The van der Waals surface area contributed by atoms with Crippen LogP contribution in [0.2, 0.25) is 0 Å². The van der Waals surface area contributed by atoms with E-state index >= 15 is 0 Å². The molecule has 0 aliphatic carbocycles. The van der Waals surface area contributed by atoms with E-state index in [0.29, 0.717) is 18.7 Å². The maximum absolute atomic E-state index is 12.2. The van der Waals surface area contributed by atoms with E-state index in [9.17, 15) is 15.0 Å². The van der Waals surface area contributed by atoms with E-state index in [1.807, 2.05) is 13.8 Å². The van der Waals surface area contributed by atoms with Crippen LogP contribution in [0.5, 0.6) is 5.75 Å². The molecule has 1 fully saturated rings. The lowest BCUT2D eigenvalue weighted by molar-refractivity contribution is -0.110. The standard InChI is InChI=1S/C14H19NO3/c1-9(2)14(18)7-15(8-14)13(17)12-5-4-11(16)6-10(12)3/h4-6,9,16,18H,7-8H2,1-3H3. The molecule has 1 amide bonds. The van der Waals surface area contributed by atoms with Gasteiger partial charge in [-0.15, -0.1) is 0 Å². The van der Waals surface area contributed by atoms with Crippen LogP contribution in [-0.2, 0) is 0 Å². The molecular formula is C14H19NO3. The molecule has 0 spiro atoms. The number of likely N-dealkylation sites (tertiary alicyclic amines) is 1. The predicted octanol–water partition coefficient (Wildman–Crippen LogP) is 1.54. The first kappa shape index (κ1) is 12.9. The van der Waals surface area contributed by atoms with Crippen molar-refractivity contribution in [1.29, 1.82) is 0 Å². The Hall–Kier alpha value is -1.55. The lowest BCUT2D eigenvalue weighted by atomic mass is 9.82. The van der Waals surface area contributed by atoms with Crippen molar-refractivity contribution in [2.45, 2.75) is 26.4 Å². The zero-order valence-electron chi connectivity index (χ0n) is 11.0. The van der Waals surface area contributed by atoms with Crippen LogP contribution in [0.25, 0.3) is 0 Å². The smallest absolute Gasteiger partial charge is 0.254 e. The van der Waals surface area contributed by atoms with Gasteiger partial charge in [-0.3, -0.25) is 4.79 Å². The fraction of sp³-hybridized carbons (Fsp3) is 0.500. The first-order valence-electron chi connectivity index (χ1n) is 6.15. The summed E-state index contributed by atoms with van der Waals surface area (Å²) in [6.07, 6.45) is 0. The molecule has 98 valence electrons. The number of rotatable bonds is 2. The lowest BCUT2D eigenvalue weighted by Crippen LogP contribution is -2.66. The average molecular weight is 249 g/mol. The fourth-order valence-corrected chi connectivity index (χ4v) is 2.18. The van der Waals surface area contributed by atoms with Crippen LogP contribution in [0.3, 0.4) is 0 Å². The van der Waals surface area contributed by atoms with Gasteiger partial charge in [0.2, 0.25) is 0 Å². The summed E-state index contributed by atoms with van der Waals surface area (Å²) in [4.78, 5) is 13.8. The van der Waals surface area contributed by atoms with Crippen molar-refractivity contribution >= 4 is 5.91 Å².